The fourth-order valence-corrected chi connectivity index (χ4v) is 2.04. The zero-order chi connectivity index (χ0) is 13.2. The Hall–Kier alpha value is -1.83. The molecule has 19 heavy (non-hydrogen) atoms. The first-order valence-corrected chi connectivity index (χ1v) is 7.02. The minimum atomic E-state index is 0.819. The summed E-state index contributed by atoms with van der Waals surface area (Å²) >= 11 is 0. The molecule has 0 saturated carbocycles. The summed E-state index contributed by atoms with van der Waals surface area (Å²) in [4.78, 5) is 4.03. The van der Waals surface area contributed by atoms with Gasteiger partial charge in [0.25, 0.3) is 0 Å². The highest BCUT2D eigenvalue weighted by molar-refractivity contribution is 5.20. The lowest BCUT2D eigenvalue weighted by Gasteiger charge is -2.05. The van der Waals surface area contributed by atoms with Crippen LogP contribution in [0.1, 0.15) is 31.2 Å². The zero-order valence-corrected chi connectivity index (χ0v) is 11.3. The molecular formula is C17H21NO. The van der Waals surface area contributed by atoms with Crippen LogP contribution in [0.15, 0.2) is 54.9 Å². The first-order valence-electron chi connectivity index (χ1n) is 7.02. The summed E-state index contributed by atoms with van der Waals surface area (Å²) in [6.07, 6.45) is 9.76. The number of benzene rings is 1. The Balaban J connectivity index is 1.49. The normalized spacial score (nSPS) is 10.3. The van der Waals surface area contributed by atoms with E-state index in [1.807, 2.05) is 42.7 Å². The van der Waals surface area contributed by atoms with Crippen molar-refractivity contribution in [3.63, 3.8) is 0 Å². The van der Waals surface area contributed by atoms with E-state index >= 15 is 0 Å². The van der Waals surface area contributed by atoms with Gasteiger partial charge in [-0.3, -0.25) is 4.98 Å². The lowest BCUT2D eigenvalue weighted by Crippen LogP contribution is -1.97. The average Bonchev–Trinajstić information content (AvgIpc) is 2.48. The molecule has 1 heterocycles. The van der Waals surface area contributed by atoms with Crippen molar-refractivity contribution < 1.29 is 4.74 Å². The number of hydrogen-bond donors (Lipinski definition) is 0. The lowest BCUT2D eigenvalue weighted by atomic mass is 10.1. The highest BCUT2D eigenvalue weighted by Crippen LogP contribution is 2.10. The SMILES string of the molecule is c1ccc(OCCCCCCc2ccncc2)cc1. The van der Waals surface area contributed by atoms with Crippen LogP contribution in [0.25, 0.3) is 0 Å². The summed E-state index contributed by atoms with van der Waals surface area (Å²) in [5.74, 6) is 0.972. The van der Waals surface area contributed by atoms with Crippen molar-refractivity contribution in [1.82, 2.24) is 4.98 Å². The van der Waals surface area contributed by atoms with Gasteiger partial charge < -0.3 is 4.74 Å². The second kappa shape index (κ2) is 8.30. The minimum Gasteiger partial charge on any atom is -0.494 e. The number of pyridine rings is 1. The number of ether oxygens (including phenoxy) is 1. The Morgan fingerprint density at radius 1 is 0.789 bits per heavy atom. The van der Waals surface area contributed by atoms with Crippen LogP contribution < -0.4 is 4.74 Å². The maximum Gasteiger partial charge on any atom is 0.119 e. The molecule has 0 aliphatic heterocycles. The van der Waals surface area contributed by atoms with Crippen molar-refractivity contribution in [2.45, 2.75) is 32.1 Å². The van der Waals surface area contributed by atoms with Gasteiger partial charge in [-0.2, -0.15) is 0 Å². The number of hydrogen-bond acceptors (Lipinski definition) is 2. The molecule has 0 spiro atoms. The molecule has 0 aliphatic rings. The molecule has 1 aromatic heterocycles. The Bertz CT molecular complexity index is 398. The van der Waals surface area contributed by atoms with E-state index in [-0.39, 0.29) is 0 Å². The smallest absolute Gasteiger partial charge is 0.119 e. The first-order chi connectivity index (χ1) is 9.45. The average molecular weight is 255 g/mol. The molecule has 1 aromatic carbocycles. The number of aromatic nitrogens is 1. The van der Waals surface area contributed by atoms with Crippen LogP contribution in [0.5, 0.6) is 5.75 Å². The molecule has 100 valence electrons. The maximum atomic E-state index is 5.66. The molecule has 0 saturated heterocycles. The quantitative estimate of drug-likeness (QED) is 0.657. The standard InChI is InChI=1S/C17H21NO/c1(4-8-16-11-13-18-14-12-16)2-7-15-19-17-9-5-3-6-10-17/h3,5-6,9-14H,1-2,4,7-8,15H2. The van der Waals surface area contributed by atoms with Crippen molar-refractivity contribution in [1.29, 1.82) is 0 Å². The summed E-state index contributed by atoms with van der Waals surface area (Å²) in [7, 11) is 0. The molecule has 2 nitrogen and oxygen atoms in total. The van der Waals surface area contributed by atoms with Crippen LogP contribution in [-0.2, 0) is 6.42 Å². The number of unbranched alkanes of at least 4 members (excludes halogenated alkanes) is 3. The van der Waals surface area contributed by atoms with Gasteiger partial charge in [-0.1, -0.05) is 31.0 Å². The fourth-order valence-electron chi connectivity index (χ4n) is 2.04. The largest absolute Gasteiger partial charge is 0.494 e. The Morgan fingerprint density at radius 2 is 1.53 bits per heavy atom. The van der Waals surface area contributed by atoms with Gasteiger partial charge in [0.05, 0.1) is 6.61 Å². The van der Waals surface area contributed by atoms with Crippen LogP contribution in [0, 0.1) is 0 Å². The highest BCUT2D eigenvalue weighted by Gasteiger charge is 1.95. The molecule has 0 atom stereocenters. The monoisotopic (exact) mass is 255 g/mol. The predicted octanol–water partition coefficient (Wildman–Crippen LogP) is 4.26. The number of rotatable bonds is 8. The third kappa shape index (κ3) is 5.56. The van der Waals surface area contributed by atoms with E-state index in [9.17, 15) is 0 Å². The van der Waals surface area contributed by atoms with E-state index in [4.69, 9.17) is 4.74 Å². The maximum absolute atomic E-state index is 5.66. The first kappa shape index (κ1) is 13.6. The van der Waals surface area contributed by atoms with Crippen LogP contribution in [0.3, 0.4) is 0 Å². The van der Waals surface area contributed by atoms with E-state index in [1.165, 1.54) is 24.8 Å². The van der Waals surface area contributed by atoms with Gasteiger partial charge in [0, 0.05) is 12.4 Å². The molecule has 0 amide bonds. The van der Waals surface area contributed by atoms with Crippen LogP contribution in [0.2, 0.25) is 0 Å². The fraction of sp³-hybridized carbons (Fsp3) is 0.353. The van der Waals surface area contributed by atoms with Gasteiger partial charge in [0.1, 0.15) is 5.75 Å². The Morgan fingerprint density at radius 3 is 2.32 bits per heavy atom. The van der Waals surface area contributed by atoms with Gasteiger partial charge in [0.15, 0.2) is 0 Å². The van der Waals surface area contributed by atoms with E-state index in [2.05, 4.69) is 17.1 Å². The summed E-state index contributed by atoms with van der Waals surface area (Å²) in [5, 5.41) is 0. The van der Waals surface area contributed by atoms with Gasteiger partial charge in [0.2, 0.25) is 0 Å². The Kier molecular flexibility index (Phi) is 5.94. The Labute approximate surface area is 115 Å². The van der Waals surface area contributed by atoms with E-state index < -0.39 is 0 Å². The molecule has 2 rings (SSSR count). The third-order valence-corrected chi connectivity index (χ3v) is 3.12. The molecule has 0 aliphatic carbocycles. The minimum absolute atomic E-state index is 0.819. The molecule has 2 heteroatoms. The van der Waals surface area contributed by atoms with Crippen molar-refractivity contribution in [3.8, 4) is 5.75 Å². The summed E-state index contributed by atoms with van der Waals surface area (Å²) in [5.41, 5.74) is 1.38. The van der Waals surface area contributed by atoms with Crippen molar-refractivity contribution in [3.05, 3.63) is 60.4 Å². The summed E-state index contributed by atoms with van der Waals surface area (Å²) in [6, 6.07) is 14.2. The van der Waals surface area contributed by atoms with Crippen LogP contribution >= 0.6 is 0 Å². The summed E-state index contributed by atoms with van der Waals surface area (Å²) in [6.45, 7) is 0.819. The predicted molar refractivity (Wildman–Crippen MR) is 78.3 cm³/mol. The van der Waals surface area contributed by atoms with E-state index in [1.54, 1.807) is 0 Å². The van der Waals surface area contributed by atoms with Crippen LogP contribution in [-0.4, -0.2) is 11.6 Å². The highest BCUT2D eigenvalue weighted by atomic mass is 16.5. The van der Waals surface area contributed by atoms with Gasteiger partial charge in [-0.15, -0.1) is 0 Å². The number of nitrogens with zero attached hydrogens (tertiary/aromatic N) is 1. The van der Waals surface area contributed by atoms with Gasteiger partial charge in [-0.25, -0.2) is 0 Å². The van der Waals surface area contributed by atoms with Gasteiger partial charge >= 0.3 is 0 Å². The third-order valence-electron chi connectivity index (χ3n) is 3.12. The second-order valence-corrected chi connectivity index (χ2v) is 4.68. The molecule has 0 fully saturated rings. The van der Waals surface area contributed by atoms with Gasteiger partial charge in [-0.05, 0) is 49.1 Å². The lowest BCUT2D eigenvalue weighted by molar-refractivity contribution is 0.304. The summed E-state index contributed by atoms with van der Waals surface area (Å²) < 4.78 is 5.66. The molecule has 0 N–H and O–H groups in total. The van der Waals surface area contributed by atoms with E-state index in [0.29, 0.717) is 0 Å². The second-order valence-electron chi connectivity index (χ2n) is 4.68. The van der Waals surface area contributed by atoms with Crippen molar-refractivity contribution in [2.75, 3.05) is 6.61 Å². The molecule has 0 unspecified atom stereocenters. The number of para-hydroxylation sites is 1. The van der Waals surface area contributed by atoms with Crippen molar-refractivity contribution in [2.24, 2.45) is 0 Å². The zero-order valence-electron chi connectivity index (χ0n) is 11.3. The molecule has 0 bridgehead atoms. The van der Waals surface area contributed by atoms with Crippen molar-refractivity contribution >= 4 is 0 Å². The molecular weight excluding hydrogens is 234 g/mol. The topological polar surface area (TPSA) is 22.1 Å². The molecule has 2 aromatic rings. The van der Waals surface area contributed by atoms with Crippen LogP contribution in [0.4, 0.5) is 0 Å². The van der Waals surface area contributed by atoms with E-state index in [0.717, 1.165) is 25.2 Å². The molecule has 0 radical (unpaired) electrons. The number of aryl methyl sites for hydroxylation is 1.